The van der Waals surface area contributed by atoms with E-state index in [1.54, 1.807) is 0 Å². The summed E-state index contributed by atoms with van der Waals surface area (Å²) in [7, 11) is 0. The van der Waals surface area contributed by atoms with E-state index in [1.807, 2.05) is 30.3 Å². The molecule has 0 bridgehead atoms. The summed E-state index contributed by atoms with van der Waals surface area (Å²) < 4.78 is 0. The normalized spacial score (nSPS) is 12.7. The molecule has 0 radical (unpaired) electrons. The fraction of sp³-hybridized carbons (Fsp3) is 0.158. The van der Waals surface area contributed by atoms with Crippen LogP contribution in [-0.2, 0) is 11.2 Å². The lowest BCUT2D eigenvalue weighted by atomic mass is 10.00. The maximum atomic E-state index is 11.8. The summed E-state index contributed by atoms with van der Waals surface area (Å²) in [6.07, 6.45) is 3.10. The van der Waals surface area contributed by atoms with Crippen molar-refractivity contribution in [3.8, 4) is 0 Å². The molecule has 0 aliphatic heterocycles. The van der Waals surface area contributed by atoms with Gasteiger partial charge in [0.2, 0.25) is 0 Å². The molecule has 3 rings (SSSR count). The minimum atomic E-state index is -0.113. The molecule has 0 atom stereocenters. The Kier molecular flexibility index (Phi) is 3.53. The summed E-state index contributed by atoms with van der Waals surface area (Å²) in [6, 6.07) is 15.9. The Hall–Kier alpha value is -2.48. The second kappa shape index (κ2) is 5.49. The molecule has 2 nitrogen and oxygen atoms in total. The van der Waals surface area contributed by atoms with Crippen molar-refractivity contribution in [2.45, 2.75) is 19.8 Å². The van der Waals surface area contributed by atoms with Gasteiger partial charge in [-0.3, -0.25) is 9.59 Å². The number of carbonyl (C=O) groups excluding carboxylic acids is 2. The van der Waals surface area contributed by atoms with E-state index >= 15 is 0 Å². The Balaban J connectivity index is 1.80. The van der Waals surface area contributed by atoms with E-state index in [0.29, 0.717) is 5.56 Å². The Morgan fingerprint density at radius 1 is 1.00 bits per heavy atom. The first kappa shape index (κ1) is 13.5. The monoisotopic (exact) mass is 276 g/mol. The molecule has 0 unspecified atom stereocenters. The van der Waals surface area contributed by atoms with E-state index in [4.69, 9.17) is 0 Å². The summed E-state index contributed by atoms with van der Waals surface area (Å²) in [5, 5.41) is 0. The number of carbonyl (C=O) groups is 2. The van der Waals surface area contributed by atoms with Crippen molar-refractivity contribution < 1.29 is 9.59 Å². The van der Waals surface area contributed by atoms with Crippen LogP contribution in [0.25, 0.3) is 11.6 Å². The zero-order chi connectivity index (χ0) is 14.8. The summed E-state index contributed by atoms with van der Waals surface area (Å²) in [4.78, 5) is 22.8. The lowest BCUT2D eigenvalue weighted by Gasteiger charge is -2.04. The summed E-state index contributed by atoms with van der Waals surface area (Å²) in [5.41, 5.74) is 5.60. The van der Waals surface area contributed by atoms with Crippen molar-refractivity contribution in [3.05, 3.63) is 70.8 Å². The highest BCUT2D eigenvalue weighted by molar-refractivity contribution is 6.07. The van der Waals surface area contributed by atoms with Crippen LogP contribution in [0, 0.1) is 0 Å². The quantitative estimate of drug-likeness (QED) is 0.626. The number of hydrogen-bond donors (Lipinski definition) is 0. The smallest absolute Gasteiger partial charge is 0.170 e. The Morgan fingerprint density at radius 3 is 2.38 bits per heavy atom. The van der Waals surface area contributed by atoms with Crippen molar-refractivity contribution >= 4 is 23.2 Å². The summed E-state index contributed by atoms with van der Waals surface area (Å²) in [6.45, 7) is 1.44. The van der Waals surface area contributed by atoms with E-state index < -0.39 is 0 Å². The zero-order valence-corrected chi connectivity index (χ0v) is 11.9. The molecule has 0 N–H and O–H groups in total. The van der Waals surface area contributed by atoms with Gasteiger partial charge in [-0.25, -0.2) is 0 Å². The average Bonchev–Trinajstić information content (AvgIpc) is 2.90. The second-order valence-electron chi connectivity index (χ2n) is 5.42. The van der Waals surface area contributed by atoms with Gasteiger partial charge in [0.05, 0.1) is 6.42 Å². The second-order valence-corrected chi connectivity index (χ2v) is 5.42. The summed E-state index contributed by atoms with van der Waals surface area (Å²) >= 11 is 0. The third kappa shape index (κ3) is 2.84. The molecule has 21 heavy (non-hydrogen) atoms. The van der Waals surface area contributed by atoms with Crippen molar-refractivity contribution in [2.24, 2.45) is 0 Å². The van der Waals surface area contributed by atoms with Gasteiger partial charge in [0.1, 0.15) is 5.78 Å². The molecule has 0 spiro atoms. The zero-order valence-electron chi connectivity index (χ0n) is 11.9. The minimum absolute atomic E-state index is 0.0204. The van der Waals surface area contributed by atoms with Crippen molar-refractivity contribution in [3.63, 3.8) is 0 Å². The van der Waals surface area contributed by atoms with Crippen LogP contribution in [0.1, 0.15) is 40.4 Å². The predicted octanol–water partition coefficient (Wildman–Crippen LogP) is 3.95. The molecule has 0 aromatic heterocycles. The molecule has 0 amide bonds. The van der Waals surface area contributed by atoms with Crippen LogP contribution in [0.5, 0.6) is 0 Å². The molecule has 104 valence electrons. The van der Waals surface area contributed by atoms with Gasteiger partial charge in [-0.2, -0.15) is 0 Å². The van der Waals surface area contributed by atoms with Gasteiger partial charge in [0, 0.05) is 5.56 Å². The van der Waals surface area contributed by atoms with E-state index in [2.05, 4.69) is 24.3 Å². The van der Waals surface area contributed by atoms with Gasteiger partial charge >= 0.3 is 0 Å². The van der Waals surface area contributed by atoms with E-state index in [1.165, 1.54) is 23.6 Å². The maximum Gasteiger partial charge on any atom is 0.170 e. The fourth-order valence-corrected chi connectivity index (χ4v) is 2.66. The Labute approximate surface area is 124 Å². The maximum absolute atomic E-state index is 11.8. The molecular weight excluding hydrogens is 260 g/mol. The molecule has 0 saturated carbocycles. The largest absolute Gasteiger partial charge is 0.300 e. The molecule has 1 aliphatic rings. The first-order valence-electron chi connectivity index (χ1n) is 7.05. The van der Waals surface area contributed by atoms with Crippen LogP contribution in [0.3, 0.4) is 0 Å². The molecule has 2 aromatic carbocycles. The molecule has 0 saturated heterocycles. The number of rotatable bonds is 4. The highest BCUT2D eigenvalue weighted by Crippen LogP contribution is 2.31. The highest BCUT2D eigenvalue weighted by Gasteiger charge is 2.14. The highest BCUT2D eigenvalue weighted by atomic mass is 16.1. The Bertz CT molecular complexity index is 736. The SMILES string of the molecule is CC(=O)CC(=O)c1ccc(C2=Cc3ccccc3C2)cc1. The first-order valence-corrected chi connectivity index (χ1v) is 7.05. The predicted molar refractivity (Wildman–Crippen MR) is 84.1 cm³/mol. The van der Waals surface area contributed by atoms with E-state index in [0.717, 1.165) is 12.0 Å². The topological polar surface area (TPSA) is 34.1 Å². The molecule has 0 heterocycles. The van der Waals surface area contributed by atoms with Crippen LogP contribution in [0.4, 0.5) is 0 Å². The number of benzene rings is 2. The molecule has 0 fully saturated rings. The van der Waals surface area contributed by atoms with Crippen LogP contribution >= 0.6 is 0 Å². The number of hydrogen-bond acceptors (Lipinski definition) is 2. The average molecular weight is 276 g/mol. The van der Waals surface area contributed by atoms with E-state index in [9.17, 15) is 9.59 Å². The van der Waals surface area contributed by atoms with Crippen molar-refractivity contribution in [2.75, 3.05) is 0 Å². The number of ketones is 2. The lowest BCUT2D eigenvalue weighted by molar-refractivity contribution is -0.116. The first-order chi connectivity index (χ1) is 10.1. The number of allylic oxidation sites excluding steroid dienone is 1. The van der Waals surface area contributed by atoms with E-state index in [-0.39, 0.29) is 18.0 Å². The standard InChI is InChI=1S/C19H16O2/c1-13(20)10-19(21)15-8-6-14(7-9-15)18-11-16-4-2-3-5-17(16)12-18/h2-9,11H,10,12H2,1H3. The van der Waals surface area contributed by atoms with Gasteiger partial charge < -0.3 is 0 Å². The lowest BCUT2D eigenvalue weighted by Crippen LogP contribution is -2.04. The number of Topliss-reactive ketones (excluding diaryl/α,β-unsaturated/α-hetero) is 2. The molecule has 1 aliphatic carbocycles. The third-order valence-electron chi connectivity index (χ3n) is 3.75. The van der Waals surface area contributed by atoms with Crippen LogP contribution in [-0.4, -0.2) is 11.6 Å². The summed E-state index contributed by atoms with van der Waals surface area (Å²) in [5.74, 6) is -0.212. The van der Waals surface area contributed by atoms with Gasteiger partial charge in [-0.15, -0.1) is 0 Å². The van der Waals surface area contributed by atoms with Crippen LogP contribution in [0.15, 0.2) is 48.5 Å². The van der Waals surface area contributed by atoms with Crippen molar-refractivity contribution in [1.29, 1.82) is 0 Å². The van der Waals surface area contributed by atoms with Gasteiger partial charge in [-0.05, 0) is 35.6 Å². The molecule has 2 heteroatoms. The third-order valence-corrected chi connectivity index (χ3v) is 3.75. The van der Waals surface area contributed by atoms with Crippen LogP contribution < -0.4 is 0 Å². The fourth-order valence-electron chi connectivity index (χ4n) is 2.66. The van der Waals surface area contributed by atoms with Gasteiger partial charge in [-0.1, -0.05) is 54.6 Å². The Morgan fingerprint density at radius 2 is 1.71 bits per heavy atom. The van der Waals surface area contributed by atoms with Gasteiger partial charge in [0.25, 0.3) is 0 Å². The van der Waals surface area contributed by atoms with Gasteiger partial charge in [0.15, 0.2) is 5.78 Å². The van der Waals surface area contributed by atoms with Crippen LogP contribution in [0.2, 0.25) is 0 Å². The molecular formula is C19H16O2. The minimum Gasteiger partial charge on any atom is -0.300 e. The molecule has 2 aromatic rings. The number of fused-ring (bicyclic) bond motifs is 1. The van der Waals surface area contributed by atoms with Crippen molar-refractivity contribution in [1.82, 2.24) is 0 Å².